The number of aromatic nitrogens is 1. The maximum atomic E-state index is 11.0. The van der Waals surface area contributed by atoms with Crippen molar-refractivity contribution < 1.29 is 14.6 Å². The van der Waals surface area contributed by atoms with Crippen molar-refractivity contribution >= 4 is 16.9 Å². The number of rotatable bonds is 3. The van der Waals surface area contributed by atoms with E-state index in [0.29, 0.717) is 11.7 Å². The van der Waals surface area contributed by atoms with E-state index in [4.69, 9.17) is 9.84 Å². The Morgan fingerprint density at radius 1 is 1.42 bits per heavy atom. The van der Waals surface area contributed by atoms with E-state index in [9.17, 15) is 4.79 Å². The molecule has 1 fully saturated rings. The molecule has 0 bridgehead atoms. The van der Waals surface area contributed by atoms with E-state index >= 15 is 0 Å². The highest BCUT2D eigenvalue weighted by atomic mass is 16.5. The number of nitrogens with zero attached hydrogens (tertiary/aromatic N) is 1. The summed E-state index contributed by atoms with van der Waals surface area (Å²) in [6, 6.07) is 7.24. The van der Waals surface area contributed by atoms with Crippen LogP contribution in [0.15, 0.2) is 30.5 Å². The van der Waals surface area contributed by atoms with Crippen molar-refractivity contribution in [2.75, 3.05) is 0 Å². The van der Waals surface area contributed by atoms with Crippen molar-refractivity contribution in [3.8, 4) is 0 Å². The fourth-order valence-electron chi connectivity index (χ4n) is 2.72. The van der Waals surface area contributed by atoms with Gasteiger partial charge in [-0.05, 0) is 43.4 Å². The summed E-state index contributed by atoms with van der Waals surface area (Å²) in [5, 5.41) is 10.1. The number of hydrogen-bond acceptors (Lipinski definition) is 2. The fraction of sp³-hybridized carbons (Fsp3) is 0.400. The molecule has 1 aliphatic rings. The Balaban J connectivity index is 1.90. The van der Waals surface area contributed by atoms with Gasteiger partial charge in [-0.2, -0.15) is 0 Å². The van der Waals surface area contributed by atoms with Gasteiger partial charge >= 0.3 is 5.97 Å². The first-order valence-electron chi connectivity index (χ1n) is 6.61. The first-order valence-corrected chi connectivity index (χ1v) is 6.61. The summed E-state index contributed by atoms with van der Waals surface area (Å²) in [4.78, 5) is 11.0. The van der Waals surface area contributed by atoms with E-state index in [0.717, 1.165) is 30.3 Å². The van der Waals surface area contributed by atoms with Crippen LogP contribution in [0.1, 0.15) is 30.1 Å². The van der Waals surface area contributed by atoms with E-state index in [1.54, 1.807) is 12.1 Å². The third kappa shape index (κ3) is 2.36. The van der Waals surface area contributed by atoms with Crippen LogP contribution in [-0.2, 0) is 11.3 Å². The van der Waals surface area contributed by atoms with Gasteiger partial charge in [0.15, 0.2) is 0 Å². The second-order valence-electron chi connectivity index (χ2n) is 5.19. The quantitative estimate of drug-likeness (QED) is 0.922. The van der Waals surface area contributed by atoms with Crippen LogP contribution in [0, 0.1) is 0 Å². The van der Waals surface area contributed by atoms with Gasteiger partial charge in [-0.1, -0.05) is 6.07 Å². The van der Waals surface area contributed by atoms with Gasteiger partial charge in [-0.3, -0.25) is 0 Å². The van der Waals surface area contributed by atoms with Crippen molar-refractivity contribution in [3.63, 3.8) is 0 Å². The minimum absolute atomic E-state index is 0.235. The van der Waals surface area contributed by atoms with E-state index in [-0.39, 0.29) is 6.10 Å². The number of carbonyl (C=O) groups is 1. The zero-order valence-corrected chi connectivity index (χ0v) is 10.9. The Labute approximate surface area is 111 Å². The molecule has 1 N–H and O–H groups in total. The molecule has 2 atom stereocenters. The highest BCUT2D eigenvalue weighted by molar-refractivity contribution is 5.93. The second-order valence-corrected chi connectivity index (χ2v) is 5.19. The zero-order chi connectivity index (χ0) is 13.4. The van der Waals surface area contributed by atoms with Gasteiger partial charge in [0.1, 0.15) is 0 Å². The molecule has 3 rings (SSSR count). The molecule has 4 nitrogen and oxygen atoms in total. The maximum Gasteiger partial charge on any atom is 0.335 e. The zero-order valence-electron chi connectivity index (χ0n) is 10.9. The number of benzene rings is 1. The van der Waals surface area contributed by atoms with Crippen molar-refractivity contribution in [1.29, 1.82) is 0 Å². The average Bonchev–Trinajstić information content (AvgIpc) is 2.96. The molecular formula is C15H17NO3. The smallest absolute Gasteiger partial charge is 0.335 e. The Morgan fingerprint density at radius 3 is 2.95 bits per heavy atom. The maximum absolute atomic E-state index is 11.0. The van der Waals surface area contributed by atoms with Crippen LogP contribution in [0.2, 0.25) is 0 Å². The molecule has 100 valence electrons. The number of ether oxygens (including phenoxy) is 1. The van der Waals surface area contributed by atoms with Gasteiger partial charge in [0, 0.05) is 18.3 Å². The molecule has 1 saturated heterocycles. The Morgan fingerprint density at radius 2 is 2.26 bits per heavy atom. The molecule has 1 aliphatic heterocycles. The minimum Gasteiger partial charge on any atom is -0.478 e. The topological polar surface area (TPSA) is 51.5 Å². The molecular weight excluding hydrogens is 242 g/mol. The van der Waals surface area contributed by atoms with Crippen LogP contribution in [-0.4, -0.2) is 27.9 Å². The normalized spacial score (nSPS) is 23.0. The van der Waals surface area contributed by atoms with Gasteiger partial charge < -0.3 is 14.4 Å². The first kappa shape index (κ1) is 12.2. The lowest BCUT2D eigenvalue weighted by atomic mass is 10.1. The standard InChI is InChI=1S/C15H17NO3/c1-10-2-5-13(19-10)9-16-7-6-11-3-4-12(15(17)18)8-14(11)16/h3-4,6-8,10,13H,2,5,9H2,1H3,(H,17,18). The van der Waals surface area contributed by atoms with Crippen LogP contribution in [0.25, 0.3) is 10.9 Å². The molecule has 19 heavy (non-hydrogen) atoms. The van der Waals surface area contributed by atoms with Gasteiger partial charge in [0.2, 0.25) is 0 Å². The third-order valence-corrected chi connectivity index (χ3v) is 3.74. The summed E-state index contributed by atoms with van der Waals surface area (Å²) in [6.07, 6.45) is 4.74. The fourth-order valence-corrected chi connectivity index (χ4v) is 2.72. The average molecular weight is 259 g/mol. The van der Waals surface area contributed by atoms with Gasteiger partial charge in [0.25, 0.3) is 0 Å². The molecule has 1 aromatic heterocycles. The number of hydrogen-bond donors (Lipinski definition) is 1. The third-order valence-electron chi connectivity index (χ3n) is 3.74. The van der Waals surface area contributed by atoms with Crippen LogP contribution in [0.3, 0.4) is 0 Å². The van der Waals surface area contributed by atoms with Crippen molar-refractivity contribution in [3.05, 3.63) is 36.0 Å². The van der Waals surface area contributed by atoms with Crippen LogP contribution in [0.5, 0.6) is 0 Å². The molecule has 2 aromatic rings. The molecule has 2 unspecified atom stereocenters. The predicted molar refractivity (Wildman–Crippen MR) is 72.5 cm³/mol. The monoisotopic (exact) mass is 259 g/mol. The van der Waals surface area contributed by atoms with E-state index in [1.807, 2.05) is 18.3 Å². The lowest BCUT2D eigenvalue weighted by molar-refractivity contribution is 0.0465. The molecule has 0 spiro atoms. The van der Waals surface area contributed by atoms with Crippen LogP contribution in [0.4, 0.5) is 0 Å². The van der Waals surface area contributed by atoms with E-state index in [1.165, 1.54) is 0 Å². The van der Waals surface area contributed by atoms with Crippen molar-refractivity contribution in [2.45, 2.75) is 38.5 Å². The summed E-state index contributed by atoms with van der Waals surface area (Å²) < 4.78 is 7.91. The van der Waals surface area contributed by atoms with Crippen LogP contribution < -0.4 is 0 Å². The molecule has 2 heterocycles. The molecule has 0 saturated carbocycles. The Bertz CT molecular complexity index is 617. The van der Waals surface area contributed by atoms with E-state index < -0.39 is 5.97 Å². The number of fused-ring (bicyclic) bond motifs is 1. The minimum atomic E-state index is -0.889. The molecule has 4 heteroatoms. The predicted octanol–water partition coefficient (Wildman–Crippen LogP) is 2.91. The SMILES string of the molecule is CC1CCC(Cn2ccc3ccc(C(=O)O)cc32)O1. The number of carboxylic acids is 1. The highest BCUT2D eigenvalue weighted by Gasteiger charge is 2.22. The summed E-state index contributed by atoms with van der Waals surface area (Å²) in [7, 11) is 0. The van der Waals surface area contributed by atoms with Gasteiger partial charge in [-0.25, -0.2) is 4.79 Å². The summed E-state index contributed by atoms with van der Waals surface area (Å²) in [5.41, 5.74) is 1.29. The lowest BCUT2D eigenvalue weighted by Gasteiger charge is -2.13. The largest absolute Gasteiger partial charge is 0.478 e. The number of carboxylic acid groups (broad SMARTS) is 1. The molecule has 0 amide bonds. The van der Waals surface area contributed by atoms with Crippen molar-refractivity contribution in [1.82, 2.24) is 4.57 Å². The molecule has 1 aromatic carbocycles. The molecule has 0 aliphatic carbocycles. The number of aromatic carboxylic acids is 1. The Kier molecular flexibility index (Phi) is 3.03. The summed E-state index contributed by atoms with van der Waals surface area (Å²) in [5.74, 6) is -0.889. The van der Waals surface area contributed by atoms with Crippen molar-refractivity contribution in [2.24, 2.45) is 0 Å². The molecule has 0 radical (unpaired) electrons. The lowest BCUT2D eigenvalue weighted by Crippen LogP contribution is -2.15. The summed E-state index contributed by atoms with van der Waals surface area (Å²) >= 11 is 0. The van der Waals surface area contributed by atoms with Crippen LogP contribution >= 0.6 is 0 Å². The second kappa shape index (κ2) is 4.70. The summed E-state index contributed by atoms with van der Waals surface area (Å²) in [6.45, 7) is 2.88. The highest BCUT2D eigenvalue weighted by Crippen LogP contribution is 2.23. The first-order chi connectivity index (χ1) is 9.13. The van der Waals surface area contributed by atoms with Gasteiger partial charge in [-0.15, -0.1) is 0 Å². The Hall–Kier alpha value is -1.81. The van der Waals surface area contributed by atoms with E-state index in [2.05, 4.69) is 11.5 Å². The van der Waals surface area contributed by atoms with Gasteiger partial charge in [0.05, 0.1) is 17.8 Å².